The molecule has 1 aromatic carbocycles. The van der Waals surface area contributed by atoms with E-state index >= 15 is 0 Å². The molecule has 98 valence electrons. The molecule has 0 aromatic heterocycles. The molecule has 0 aliphatic rings. The summed E-state index contributed by atoms with van der Waals surface area (Å²) in [6.45, 7) is 3.52. The van der Waals surface area contributed by atoms with Crippen molar-refractivity contribution in [2.45, 2.75) is 20.0 Å². The van der Waals surface area contributed by atoms with Crippen molar-refractivity contribution in [3.63, 3.8) is 0 Å². The highest BCUT2D eigenvalue weighted by Gasteiger charge is 2.16. The van der Waals surface area contributed by atoms with Gasteiger partial charge in [0.1, 0.15) is 0 Å². The van der Waals surface area contributed by atoms with E-state index in [1.807, 2.05) is 31.1 Å². The predicted molar refractivity (Wildman–Crippen MR) is 72.7 cm³/mol. The standard InChI is InChI=1S/C13H19N3O2/c1-9(2)14-15-13(18)12(17)10-5-7-11(8-6-10)16(3)4/h5-8,12,17H,1-4H3,(H,15,18). The first-order valence-electron chi connectivity index (χ1n) is 5.68. The van der Waals surface area contributed by atoms with E-state index in [0.717, 1.165) is 11.4 Å². The highest BCUT2D eigenvalue weighted by molar-refractivity contribution is 5.85. The van der Waals surface area contributed by atoms with E-state index in [0.29, 0.717) is 5.56 Å². The molecule has 0 heterocycles. The molecule has 2 N–H and O–H groups in total. The smallest absolute Gasteiger partial charge is 0.273 e. The molecule has 0 saturated heterocycles. The Morgan fingerprint density at radius 3 is 2.28 bits per heavy atom. The molecule has 1 aromatic rings. The fourth-order valence-electron chi connectivity index (χ4n) is 1.33. The molecule has 0 aliphatic heterocycles. The van der Waals surface area contributed by atoms with Crippen molar-refractivity contribution in [1.29, 1.82) is 0 Å². The second-order valence-corrected chi connectivity index (χ2v) is 4.42. The first-order chi connectivity index (χ1) is 8.41. The highest BCUT2D eigenvalue weighted by atomic mass is 16.3. The number of hydrogen-bond acceptors (Lipinski definition) is 4. The zero-order chi connectivity index (χ0) is 13.7. The molecule has 0 radical (unpaired) electrons. The van der Waals surface area contributed by atoms with Gasteiger partial charge in [0, 0.05) is 25.5 Å². The quantitative estimate of drug-likeness (QED) is 0.624. The normalized spacial score (nSPS) is 11.6. The van der Waals surface area contributed by atoms with Gasteiger partial charge in [-0.1, -0.05) is 12.1 Å². The summed E-state index contributed by atoms with van der Waals surface area (Å²) in [5.41, 5.74) is 4.58. The van der Waals surface area contributed by atoms with Crippen molar-refractivity contribution in [3.05, 3.63) is 29.8 Å². The van der Waals surface area contributed by atoms with Gasteiger partial charge >= 0.3 is 0 Å². The second kappa shape index (κ2) is 6.16. The average Bonchev–Trinajstić information content (AvgIpc) is 2.35. The third kappa shape index (κ3) is 3.85. The van der Waals surface area contributed by atoms with Gasteiger partial charge in [-0.15, -0.1) is 0 Å². The largest absolute Gasteiger partial charge is 0.378 e. The molecule has 1 amide bonds. The van der Waals surface area contributed by atoms with Crippen LogP contribution in [0.4, 0.5) is 5.69 Å². The molecular weight excluding hydrogens is 230 g/mol. The highest BCUT2D eigenvalue weighted by Crippen LogP contribution is 2.17. The summed E-state index contributed by atoms with van der Waals surface area (Å²) in [5.74, 6) is -0.534. The monoisotopic (exact) mass is 249 g/mol. The molecule has 0 saturated carbocycles. The Morgan fingerprint density at radius 1 is 1.28 bits per heavy atom. The van der Waals surface area contributed by atoms with Gasteiger partial charge in [-0.25, -0.2) is 5.43 Å². The number of anilines is 1. The van der Waals surface area contributed by atoms with E-state index in [2.05, 4.69) is 10.5 Å². The lowest BCUT2D eigenvalue weighted by molar-refractivity contribution is -0.129. The Balaban J connectivity index is 2.74. The number of aliphatic hydroxyl groups is 1. The first kappa shape index (κ1) is 14.2. The van der Waals surface area contributed by atoms with Crippen LogP contribution in [0.5, 0.6) is 0 Å². The van der Waals surface area contributed by atoms with E-state index in [4.69, 9.17) is 0 Å². The minimum Gasteiger partial charge on any atom is -0.378 e. The maximum absolute atomic E-state index is 11.6. The summed E-state index contributed by atoms with van der Waals surface area (Å²) >= 11 is 0. The summed E-state index contributed by atoms with van der Waals surface area (Å²) in [5, 5.41) is 13.6. The summed E-state index contributed by atoms with van der Waals surface area (Å²) in [7, 11) is 3.85. The lowest BCUT2D eigenvalue weighted by atomic mass is 10.1. The van der Waals surface area contributed by atoms with Crippen LogP contribution >= 0.6 is 0 Å². The van der Waals surface area contributed by atoms with Crippen molar-refractivity contribution >= 4 is 17.3 Å². The molecule has 1 atom stereocenters. The van der Waals surface area contributed by atoms with Crippen LogP contribution in [0.2, 0.25) is 0 Å². The molecule has 0 spiro atoms. The summed E-state index contributed by atoms with van der Waals surface area (Å²) in [4.78, 5) is 13.5. The molecule has 1 rings (SSSR count). The van der Waals surface area contributed by atoms with Gasteiger partial charge in [-0.05, 0) is 31.5 Å². The number of aliphatic hydroxyl groups excluding tert-OH is 1. The Morgan fingerprint density at radius 2 is 1.83 bits per heavy atom. The number of nitrogens with one attached hydrogen (secondary N) is 1. The SMILES string of the molecule is CC(C)=NNC(=O)C(O)c1ccc(N(C)C)cc1. The topological polar surface area (TPSA) is 64.9 Å². The Bertz CT molecular complexity index is 434. The summed E-state index contributed by atoms with van der Waals surface area (Å²) in [6, 6.07) is 7.14. The van der Waals surface area contributed by atoms with Gasteiger partial charge < -0.3 is 10.0 Å². The van der Waals surface area contributed by atoms with Crippen LogP contribution in [-0.4, -0.2) is 30.8 Å². The van der Waals surface area contributed by atoms with Gasteiger partial charge in [0.2, 0.25) is 0 Å². The average molecular weight is 249 g/mol. The van der Waals surface area contributed by atoms with Crippen LogP contribution in [0.25, 0.3) is 0 Å². The van der Waals surface area contributed by atoms with E-state index in [-0.39, 0.29) is 0 Å². The molecule has 0 aliphatic carbocycles. The third-order valence-electron chi connectivity index (χ3n) is 2.36. The van der Waals surface area contributed by atoms with Crippen LogP contribution in [0.1, 0.15) is 25.5 Å². The predicted octanol–water partition coefficient (Wildman–Crippen LogP) is 1.30. The maximum atomic E-state index is 11.6. The summed E-state index contributed by atoms with van der Waals surface area (Å²) in [6.07, 6.45) is -1.20. The van der Waals surface area contributed by atoms with Crippen LogP contribution < -0.4 is 10.3 Å². The van der Waals surface area contributed by atoms with Crippen LogP contribution in [0.15, 0.2) is 29.4 Å². The third-order valence-corrected chi connectivity index (χ3v) is 2.36. The van der Waals surface area contributed by atoms with E-state index in [1.165, 1.54) is 0 Å². The maximum Gasteiger partial charge on any atom is 0.273 e. The zero-order valence-electron chi connectivity index (χ0n) is 11.1. The van der Waals surface area contributed by atoms with Crippen molar-refractivity contribution in [2.24, 2.45) is 5.10 Å². The Labute approximate surface area is 107 Å². The zero-order valence-corrected chi connectivity index (χ0v) is 11.1. The second-order valence-electron chi connectivity index (χ2n) is 4.42. The van der Waals surface area contributed by atoms with Gasteiger partial charge in [-0.3, -0.25) is 4.79 Å². The number of carbonyl (C=O) groups is 1. The fourth-order valence-corrected chi connectivity index (χ4v) is 1.33. The van der Waals surface area contributed by atoms with Crippen LogP contribution in [-0.2, 0) is 4.79 Å². The molecule has 1 unspecified atom stereocenters. The number of nitrogens with zero attached hydrogens (tertiary/aromatic N) is 2. The minimum absolute atomic E-state index is 0.534. The van der Waals surface area contributed by atoms with Crippen LogP contribution in [0.3, 0.4) is 0 Å². The van der Waals surface area contributed by atoms with Crippen molar-refractivity contribution < 1.29 is 9.90 Å². The minimum atomic E-state index is -1.20. The van der Waals surface area contributed by atoms with Gasteiger partial charge in [0.25, 0.3) is 5.91 Å². The number of hydrazone groups is 1. The lowest BCUT2D eigenvalue weighted by Gasteiger charge is -2.14. The van der Waals surface area contributed by atoms with Gasteiger partial charge in [-0.2, -0.15) is 5.10 Å². The number of hydrogen-bond donors (Lipinski definition) is 2. The number of carbonyl (C=O) groups excluding carboxylic acids is 1. The van der Waals surface area contributed by atoms with E-state index in [9.17, 15) is 9.90 Å². The molecule has 5 nitrogen and oxygen atoms in total. The fraction of sp³-hybridized carbons (Fsp3) is 0.385. The Hall–Kier alpha value is -1.88. The number of benzene rings is 1. The Kier molecular flexibility index (Phi) is 4.85. The van der Waals surface area contributed by atoms with Gasteiger partial charge in [0.15, 0.2) is 6.10 Å². The van der Waals surface area contributed by atoms with E-state index < -0.39 is 12.0 Å². The van der Waals surface area contributed by atoms with Crippen molar-refractivity contribution in [2.75, 3.05) is 19.0 Å². The van der Waals surface area contributed by atoms with Crippen molar-refractivity contribution in [1.82, 2.24) is 5.43 Å². The molecule has 5 heteroatoms. The van der Waals surface area contributed by atoms with Crippen LogP contribution in [0, 0.1) is 0 Å². The summed E-state index contributed by atoms with van der Waals surface area (Å²) < 4.78 is 0. The lowest BCUT2D eigenvalue weighted by Crippen LogP contribution is -2.25. The molecular formula is C13H19N3O2. The first-order valence-corrected chi connectivity index (χ1v) is 5.68. The number of rotatable bonds is 4. The van der Waals surface area contributed by atoms with Crippen molar-refractivity contribution in [3.8, 4) is 0 Å². The molecule has 0 fully saturated rings. The number of amides is 1. The van der Waals surface area contributed by atoms with Gasteiger partial charge in [0.05, 0.1) is 0 Å². The molecule has 18 heavy (non-hydrogen) atoms. The van der Waals surface area contributed by atoms with E-state index in [1.54, 1.807) is 26.0 Å². The molecule has 0 bridgehead atoms.